The van der Waals surface area contributed by atoms with Crippen molar-refractivity contribution in [3.05, 3.63) is 83.7 Å². The van der Waals surface area contributed by atoms with Crippen LogP contribution in [-0.2, 0) is 9.53 Å². The van der Waals surface area contributed by atoms with E-state index in [0.29, 0.717) is 5.69 Å². The molecular formula is C26H25N3O5. The van der Waals surface area contributed by atoms with Crippen LogP contribution in [0.5, 0.6) is 0 Å². The first-order valence-corrected chi connectivity index (χ1v) is 11.0. The third kappa shape index (κ3) is 4.76. The maximum atomic E-state index is 12.4. The molecule has 0 aliphatic heterocycles. The number of carbonyl (C=O) groups is 3. The highest BCUT2D eigenvalue weighted by Gasteiger charge is 2.29. The van der Waals surface area contributed by atoms with E-state index in [2.05, 4.69) is 27.8 Å². The molecule has 2 amide bonds. The summed E-state index contributed by atoms with van der Waals surface area (Å²) in [5.74, 6) is -2.27. The second-order valence-electron chi connectivity index (χ2n) is 8.27. The Balaban J connectivity index is 1.34. The number of fused-ring (bicyclic) bond motifs is 3. The maximum absolute atomic E-state index is 12.4. The van der Waals surface area contributed by atoms with Crippen molar-refractivity contribution in [2.24, 2.45) is 5.92 Å². The summed E-state index contributed by atoms with van der Waals surface area (Å²) in [4.78, 5) is 39.8. The molecule has 3 N–H and O–H groups in total. The number of hydrogen-bond donors (Lipinski definition) is 3. The molecule has 1 aliphatic carbocycles. The molecule has 0 saturated heterocycles. The number of carbonyl (C=O) groups excluding carboxylic acids is 2. The zero-order valence-electron chi connectivity index (χ0n) is 18.8. The van der Waals surface area contributed by atoms with Gasteiger partial charge in [0.15, 0.2) is 0 Å². The second-order valence-corrected chi connectivity index (χ2v) is 8.27. The van der Waals surface area contributed by atoms with E-state index < -0.39 is 29.9 Å². The number of nitrogens with zero attached hydrogens (tertiary/aromatic N) is 1. The van der Waals surface area contributed by atoms with Gasteiger partial charge < -0.3 is 15.2 Å². The quantitative estimate of drug-likeness (QED) is 0.485. The van der Waals surface area contributed by atoms with E-state index in [4.69, 9.17) is 9.84 Å². The van der Waals surface area contributed by atoms with Crippen molar-refractivity contribution in [2.45, 2.75) is 25.8 Å². The number of amides is 2. The summed E-state index contributed by atoms with van der Waals surface area (Å²) < 4.78 is 5.51. The van der Waals surface area contributed by atoms with Crippen LogP contribution < -0.4 is 10.6 Å². The smallest absolute Gasteiger partial charge is 0.411 e. The molecule has 0 spiro atoms. The molecule has 8 heteroatoms. The van der Waals surface area contributed by atoms with Crippen LogP contribution in [0.4, 0.5) is 10.5 Å². The fourth-order valence-electron chi connectivity index (χ4n) is 3.97. The highest BCUT2D eigenvalue weighted by Crippen LogP contribution is 2.44. The van der Waals surface area contributed by atoms with Crippen molar-refractivity contribution in [2.75, 3.05) is 11.9 Å². The molecule has 2 aromatic carbocycles. The first kappa shape index (κ1) is 23.0. The molecule has 8 nitrogen and oxygen atoms in total. The highest BCUT2D eigenvalue weighted by atomic mass is 16.5. The molecule has 1 heterocycles. The first-order valence-electron chi connectivity index (χ1n) is 11.0. The normalized spacial score (nSPS) is 13.8. The summed E-state index contributed by atoms with van der Waals surface area (Å²) in [6.07, 6.45) is 0.728. The van der Waals surface area contributed by atoms with Crippen molar-refractivity contribution in [1.82, 2.24) is 10.3 Å². The number of nitrogens with one attached hydrogen (secondary N) is 2. The Bertz CT molecular complexity index is 1180. The third-order valence-corrected chi connectivity index (χ3v) is 6.08. The monoisotopic (exact) mass is 459 g/mol. The Labute approximate surface area is 197 Å². The molecule has 4 rings (SSSR count). The Morgan fingerprint density at radius 1 is 0.971 bits per heavy atom. The fraction of sp³-hybridized carbons (Fsp3) is 0.231. The van der Waals surface area contributed by atoms with Gasteiger partial charge in [-0.2, -0.15) is 0 Å². The number of anilines is 1. The van der Waals surface area contributed by atoms with Crippen LogP contribution in [-0.4, -0.2) is 40.7 Å². The Kier molecular flexibility index (Phi) is 6.58. The van der Waals surface area contributed by atoms with Gasteiger partial charge in [-0.15, -0.1) is 0 Å². The summed E-state index contributed by atoms with van der Waals surface area (Å²) in [6.45, 7) is 3.32. The average molecular weight is 460 g/mol. The van der Waals surface area contributed by atoms with Crippen LogP contribution in [0.2, 0.25) is 0 Å². The van der Waals surface area contributed by atoms with Gasteiger partial charge in [0, 0.05) is 12.0 Å². The summed E-state index contributed by atoms with van der Waals surface area (Å²) in [6, 6.07) is 18.6. The zero-order valence-corrected chi connectivity index (χ0v) is 18.8. The number of carboxylic acid groups (broad SMARTS) is 1. The topological polar surface area (TPSA) is 118 Å². The molecule has 0 saturated carbocycles. The van der Waals surface area contributed by atoms with E-state index in [1.54, 1.807) is 6.92 Å². The lowest BCUT2D eigenvalue weighted by atomic mass is 9.98. The molecule has 1 aromatic heterocycles. The van der Waals surface area contributed by atoms with Crippen LogP contribution in [0.25, 0.3) is 11.1 Å². The van der Waals surface area contributed by atoms with Crippen LogP contribution >= 0.6 is 0 Å². The van der Waals surface area contributed by atoms with Gasteiger partial charge in [0.25, 0.3) is 5.91 Å². The van der Waals surface area contributed by atoms with Crippen molar-refractivity contribution in [3.63, 3.8) is 0 Å². The van der Waals surface area contributed by atoms with Crippen LogP contribution in [0.1, 0.15) is 41.4 Å². The van der Waals surface area contributed by atoms with Gasteiger partial charge in [0.2, 0.25) is 0 Å². The number of rotatable bonds is 7. The van der Waals surface area contributed by atoms with E-state index in [0.717, 1.165) is 22.3 Å². The van der Waals surface area contributed by atoms with Gasteiger partial charge in [-0.3, -0.25) is 14.9 Å². The number of ether oxygens (including phenoxy) is 1. The van der Waals surface area contributed by atoms with Crippen LogP contribution in [0.15, 0.2) is 66.9 Å². The molecular weight excluding hydrogens is 434 g/mol. The van der Waals surface area contributed by atoms with Crippen LogP contribution in [0.3, 0.4) is 0 Å². The number of aliphatic carboxylic acids is 1. The van der Waals surface area contributed by atoms with Gasteiger partial charge in [0.05, 0.1) is 17.8 Å². The summed E-state index contributed by atoms with van der Waals surface area (Å²) >= 11 is 0. The molecule has 3 aromatic rings. The lowest BCUT2D eigenvalue weighted by Crippen LogP contribution is -2.40. The van der Waals surface area contributed by atoms with Crippen LogP contribution in [0, 0.1) is 5.92 Å². The predicted octanol–water partition coefficient (Wildman–Crippen LogP) is 4.28. The van der Waals surface area contributed by atoms with Gasteiger partial charge in [-0.25, -0.2) is 9.78 Å². The minimum Gasteiger partial charge on any atom is -0.481 e. The summed E-state index contributed by atoms with van der Waals surface area (Å²) in [7, 11) is 0. The minimum absolute atomic E-state index is 0.0440. The highest BCUT2D eigenvalue weighted by molar-refractivity contribution is 5.93. The molecule has 0 fully saturated rings. The standard InChI is InChI=1S/C26H25N3O5/c1-15(25(31)32)16(2)28-24(30)23-12-11-17(13-27-23)29-26(33)34-14-22-20-9-5-3-7-18(20)19-8-4-6-10-21(19)22/h3-13,15-16,22H,14H2,1-2H3,(H,28,30)(H,29,33)(H,31,32). The van der Waals surface area contributed by atoms with E-state index >= 15 is 0 Å². The molecule has 174 valence electrons. The fourth-order valence-corrected chi connectivity index (χ4v) is 3.97. The number of hydrogen-bond acceptors (Lipinski definition) is 5. The molecule has 2 atom stereocenters. The van der Waals surface area contributed by atoms with E-state index in [-0.39, 0.29) is 18.2 Å². The minimum atomic E-state index is -0.997. The van der Waals surface area contributed by atoms with Gasteiger partial charge in [-0.1, -0.05) is 48.5 Å². The van der Waals surface area contributed by atoms with Gasteiger partial charge in [0.1, 0.15) is 12.3 Å². The summed E-state index contributed by atoms with van der Waals surface area (Å²) in [5.41, 5.74) is 5.04. The lowest BCUT2D eigenvalue weighted by molar-refractivity contribution is -0.141. The molecule has 1 aliphatic rings. The number of benzene rings is 2. The van der Waals surface area contributed by atoms with Crippen molar-refractivity contribution >= 4 is 23.7 Å². The summed E-state index contributed by atoms with van der Waals surface area (Å²) in [5, 5.41) is 14.3. The maximum Gasteiger partial charge on any atom is 0.411 e. The lowest BCUT2D eigenvalue weighted by Gasteiger charge is -2.17. The Morgan fingerprint density at radius 2 is 1.59 bits per heavy atom. The van der Waals surface area contributed by atoms with Crippen molar-refractivity contribution < 1.29 is 24.2 Å². The molecule has 2 unspecified atom stereocenters. The number of carboxylic acids is 1. The van der Waals surface area contributed by atoms with Crippen molar-refractivity contribution in [3.8, 4) is 11.1 Å². The zero-order chi connectivity index (χ0) is 24.2. The molecule has 0 radical (unpaired) electrons. The predicted molar refractivity (Wildman–Crippen MR) is 127 cm³/mol. The molecule has 0 bridgehead atoms. The number of pyridine rings is 1. The van der Waals surface area contributed by atoms with E-state index in [1.165, 1.54) is 25.3 Å². The van der Waals surface area contributed by atoms with Gasteiger partial charge >= 0.3 is 12.1 Å². The van der Waals surface area contributed by atoms with E-state index in [9.17, 15) is 14.4 Å². The number of aromatic nitrogens is 1. The SMILES string of the molecule is CC(NC(=O)c1ccc(NC(=O)OCC2c3ccccc3-c3ccccc32)cn1)C(C)C(=O)O. The second kappa shape index (κ2) is 9.74. The van der Waals surface area contributed by atoms with Gasteiger partial charge in [-0.05, 0) is 48.2 Å². The first-order chi connectivity index (χ1) is 16.3. The Hall–Kier alpha value is -4.20. The van der Waals surface area contributed by atoms with Crippen molar-refractivity contribution in [1.29, 1.82) is 0 Å². The molecule has 34 heavy (non-hydrogen) atoms. The largest absolute Gasteiger partial charge is 0.481 e. The average Bonchev–Trinajstić information content (AvgIpc) is 3.16. The third-order valence-electron chi connectivity index (χ3n) is 6.08. The Morgan fingerprint density at radius 3 is 2.15 bits per heavy atom. The van der Waals surface area contributed by atoms with E-state index in [1.807, 2.05) is 36.4 Å².